The number of nitrogens with one attached hydrogen (secondary N) is 3. The fraction of sp³-hybridized carbons (Fsp3) is 0.591. The number of aliphatic imine (C=N–C) groups is 1. The minimum atomic E-state index is 0. The molecule has 1 aliphatic rings. The van der Waals surface area contributed by atoms with E-state index in [1.165, 1.54) is 0 Å². The second-order valence-electron chi connectivity index (χ2n) is 8.34. The maximum Gasteiger partial charge on any atom is 0.225 e. The highest BCUT2D eigenvalue weighted by Gasteiger charge is 2.27. The van der Waals surface area contributed by atoms with Crippen LogP contribution in [0.3, 0.4) is 0 Å². The molecule has 0 saturated carbocycles. The summed E-state index contributed by atoms with van der Waals surface area (Å²) < 4.78 is 0. The summed E-state index contributed by atoms with van der Waals surface area (Å²) in [5, 5.41) is 9.67. The first-order valence-corrected chi connectivity index (χ1v) is 10.4. The van der Waals surface area contributed by atoms with Crippen molar-refractivity contribution in [1.29, 1.82) is 0 Å². The quantitative estimate of drug-likeness (QED) is 0.288. The van der Waals surface area contributed by atoms with E-state index >= 15 is 0 Å². The van der Waals surface area contributed by atoms with E-state index in [0.29, 0.717) is 31.4 Å². The molecule has 1 heterocycles. The summed E-state index contributed by atoms with van der Waals surface area (Å²) in [6, 6.07) is 8.01. The number of hydrogen-bond donors (Lipinski definition) is 3. The van der Waals surface area contributed by atoms with Crippen LogP contribution in [-0.4, -0.2) is 48.9 Å². The summed E-state index contributed by atoms with van der Waals surface area (Å²) >= 11 is 0. The molecule has 1 unspecified atom stereocenters. The van der Waals surface area contributed by atoms with E-state index in [1.807, 2.05) is 56.9 Å². The molecule has 7 nitrogen and oxygen atoms in total. The minimum Gasteiger partial charge on any atom is -0.352 e. The molecule has 168 valence electrons. The average Bonchev–Trinajstić information content (AvgIpc) is 3.12. The van der Waals surface area contributed by atoms with Gasteiger partial charge in [0.15, 0.2) is 5.96 Å². The van der Waals surface area contributed by atoms with Gasteiger partial charge in [0, 0.05) is 50.7 Å². The van der Waals surface area contributed by atoms with E-state index in [9.17, 15) is 9.59 Å². The van der Waals surface area contributed by atoms with Crippen molar-refractivity contribution in [2.45, 2.75) is 53.1 Å². The smallest absolute Gasteiger partial charge is 0.225 e. The zero-order chi connectivity index (χ0) is 21.4. The van der Waals surface area contributed by atoms with Gasteiger partial charge in [-0.05, 0) is 30.0 Å². The number of likely N-dealkylation sites (tertiary alicyclic amines) is 1. The normalized spacial score (nSPS) is 16.4. The molecular formula is C22H36IN5O2. The Kier molecular flexibility index (Phi) is 11.1. The Morgan fingerprint density at radius 2 is 1.97 bits per heavy atom. The van der Waals surface area contributed by atoms with E-state index in [4.69, 9.17) is 0 Å². The van der Waals surface area contributed by atoms with Crippen LogP contribution in [-0.2, 0) is 16.1 Å². The van der Waals surface area contributed by atoms with Gasteiger partial charge >= 0.3 is 0 Å². The van der Waals surface area contributed by atoms with E-state index in [2.05, 4.69) is 20.9 Å². The van der Waals surface area contributed by atoms with Gasteiger partial charge in [-0.2, -0.15) is 0 Å². The van der Waals surface area contributed by atoms with Crippen LogP contribution in [0.1, 0.15) is 46.1 Å². The molecule has 1 fully saturated rings. The lowest BCUT2D eigenvalue weighted by Gasteiger charge is -2.20. The molecule has 1 aromatic rings. The highest BCUT2D eigenvalue weighted by Crippen LogP contribution is 2.14. The van der Waals surface area contributed by atoms with Gasteiger partial charge in [-0.15, -0.1) is 24.0 Å². The summed E-state index contributed by atoms with van der Waals surface area (Å²) in [7, 11) is 1.74. The molecule has 1 aromatic carbocycles. The molecule has 1 atom stereocenters. The van der Waals surface area contributed by atoms with Crippen LogP contribution in [0.5, 0.6) is 0 Å². The SMILES string of the molecule is CN=C(NCc1cccc(NC(=O)CC(C)C)c1)NC1CCN(C(=O)C(C)C)C1.I. The first-order valence-electron chi connectivity index (χ1n) is 10.4. The fourth-order valence-corrected chi connectivity index (χ4v) is 3.36. The van der Waals surface area contributed by atoms with Crippen molar-refractivity contribution < 1.29 is 9.59 Å². The number of nitrogens with zero attached hydrogens (tertiary/aromatic N) is 2. The van der Waals surface area contributed by atoms with Gasteiger partial charge in [0.25, 0.3) is 0 Å². The molecule has 0 bridgehead atoms. The fourth-order valence-electron chi connectivity index (χ4n) is 3.36. The van der Waals surface area contributed by atoms with E-state index in [-0.39, 0.29) is 47.8 Å². The number of carbonyl (C=O) groups excluding carboxylic acids is 2. The number of rotatable bonds is 7. The number of anilines is 1. The van der Waals surface area contributed by atoms with Crippen molar-refractivity contribution in [3.63, 3.8) is 0 Å². The molecule has 1 saturated heterocycles. The average molecular weight is 529 g/mol. The Hall–Kier alpha value is -1.84. The molecule has 2 rings (SSSR count). The van der Waals surface area contributed by atoms with Crippen molar-refractivity contribution in [2.75, 3.05) is 25.5 Å². The standard InChI is InChI=1S/C22H35N5O2.HI/c1-15(2)11-20(28)25-18-8-6-7-17(12-18)13-24-22(23-5)26-19-9-10-27(14-19)21(29)16(3)4;/h6-8,12,15-16,19H,9-11,13-14H2,1-5H3,(H,25,28)(H2,23,24,26);1H. The Morgan fingerprint density at radius 3 is 2.60 bits per heavy atom. The van der Waals surface area contributed by atoms with Gasteiger partial charge in [-0.3, -0.25) is 14.6 Å². The van der Waals surface area contributed by atoms with Crippen LogP contribution in [0, 0.1) is 11.8 Å². The summed E-state index contributed by atoms with van der Waals surface area (Å²) in [5.74, 6) is 1.30. The maximum absolute atomic E-state index is 12.1. The first kappa shape index (κ1) is 26.2. The molecule has 0 aromatic heterocycles. The van der Waals surface area contributed by atoms with Crippen LogP contribution in [0.25, 0.3) is 0 Å². The number of carbonyl (C=O) groups is 2. The topological polar surface area (TPSA) is 85.8 Å². The highest BCUT2D eigenvalue weighted by molar-refractivity contribution is 14.0. The summed E-state index contributed by atoms with van der Waals surface area (Å²) in [4.78, 5) is 30.3. The molecule has 2 amide bonds. The monoisotopic (exact) mass is 529 g/mol. The van der Waals surface area contributed by atoms with Crippen molar-refractivity contribution in [2.24, 2.45) is 16.8 Å². The molecule has 0 radical (unpaired) electrons. The lowest BCUT2D eigenvalue weighted by molar-refractivity contribution is -0.133. The lowest BCUT2D eigenvalue weighted by Crippen LogP contribution is -2.45. The second kappa shape index (κ2) is 12.8. The van der Waals surface area contributed by atoms with Crippen molar-refractivity contribution in [3.05, 3.63) is 29.8 Å². The van der Waals surface area contributed by atoms with Gasteiger partial charge in [0.1, 0.15) is 0 Å². The molecule has 0 spiro atoms. The zero-order valence-electron chi connectivity index (χ0n) is 18.7. The van der Waals surface area contributed by atoms with Crippen LogP contribution in [0.15, 0.2) is 29.3 Å². The Labute approximate surface area is 197 Å². The third-order valence-electron chi connectivity index (χ3n) is 4.82. The van der Waals surface area contributed by atoms with E-state index in [1.54, 1.807) is 7.05 Å². The first-order chi connectivity index (χ1) is 13.8. The number of guanidine groups is 1. The lowest BCUT2D eigenvalue weighted by atomic mass is 10.1. The maximum atomic E-state index is 12.1. The molecular weight excluding hydrogens is 493 g/mol. The molecule has 1 aliphatic heterocycles. The minimum absolute atomic E-state index is 0. The highest BCUT2D eigenvalue weighted by atomic mass is 127. The molecule has 0 aliphatic carbocycles. The van der Waals surface area contributed by atoms with Crippen LogP contribution in [0.4, 0.5) is 5.69 Å². The number of benzene rings is 1. The number of amides is 2. The third-order valence-corrected chi connectivity index (χ3v) is 4.82. The predicted octanol–water partition coefficient (Wildman–Crippen LogP) is 3.21. The third kappa shape index (κ3) is 8.49. The largest absolute Gasteiger partial charge is 0.352 e. The van der Waals surface area contributed by atoms with Crippen molar-refractivity contribution in [3.8, 4) is 0 Å². The Bertz CT molecular complexity index is 736. The Morgan fingerprint density at radius 1 is 1.23 bits per heavy atom. The van der Waals surface area contributed by atoms with Crippen LogP contribution in [0.2, 0.25) is 0 Å². The van der Waals surface area contributed by atoms with Gasteiger partial charge in [-0.1, -0.05) is 39.8 Å². The number of hydrogen-bond acceptors (Lipinski definition) is 3. The Balaban J connectivity index is 0.00000450. The summed E-state index contributed by atoms with van der Waals surface area (Å²) in [6.45, 7) is 10.0. The van der Waals surface area contributed by atoms with Gasteiger partial charge < -0.3 is 20.9 Å². The summed E-state index contributed by atoms with van der Waals surface area (Å²) in [5.41, 5.74) is 1.86. The van der Waals surface area contributed by atoms with E-state index in [0.717, 1.165) is 24.2 Å². The van der Waals surface area contributed by atoms with E-state index < -0.39 is 0 Å². The molecule has 30 heavy (non-hydrogen) atoms. The number of halogens is 1. The van der Waals surface area contributed by atoms with Crippen LogP contribution >= 0.6 is 24.0 Å². The van der Waals surface area contributed by atoms with Gasteiger partial charge in [-0.25, -0.2) is 0 Å². The van der Waals surface area contributed by atoms with Crippen LogP contribution < -0.4 is 16.0 Å². The zero-order valence-corrected chi connectivity index (χ0v) is 21.0. The van der Waals surface area contributed by atoms with Gasteiger partial charge in [0.2, 0.25) is 11.8 Å². The van der Waals surface area contributed by atoms with Crippen molar-refractivity contribution in [1.82, 2.24) is 15.5 Å². The van der Waals surface area contributed by atoms with Crippen molar-refractivity contribution >= 4 is 47.4 Å². The summed E-state index contributed by atoms with van der Waals surface area (Å²) in [6.07, 6.45) is 1.42. The predicted molar refractivity (Wildman–Crippen MR) is 133 cm³/mol. The second-order valence-corrected chi connectivity index (χ2v) is 8.34. The molecule has 8 heteroatoms. The molecule has 3 N–H and O–H groups in total. The van der Waals surface area contributed by atoms with Gasteiger partial charge in [0.05, 0.1) is 0 Å².